The lowest BCUT2D eigenvalue weighted by atomic mass is 9.94. The maximum Gasteiger partial charge on any atom is 0.0368 e. The van der Waals surface area contributed by atoms with Crippen molar-refractivity contribution >= 4 is 22.9 Å². The minimum absolute atomic E-state index is 0.395. The van der Waals surface area contributed by atoms with E-state index in [1.807, 2.05) is 11.3 Å². The van der Waals surface area contributed by atoms with Gasteiger partial charge in [-0.3, -0.25) is 0 Å². The molecule has 0 saturated heterocycles. The lowest BCUT2D eigenvalue weighted by molar-refractivity contribution is 0.543. The molecule has 0 bridgehead atoms. The van der Waals surface area contributed by atoms with Crippen molar-refractivity contribution in [2.45, 2.75) is 38.0 Å². The number of halogens is 1. The van der Waals surface area contributed by atoms with Crippen LogP contribution in [0.3, 0.4) is 0 Å². The van der Waals surface area contributed by atoms with Crippen LogP contribution in [-0.2, 0) is 0 Å². The van der Waals surface area contributed by atoms with Gasteiger partial charge in [0.15, 0.2) is 0 Å². The summed E-state index contributed by atoms with van der Waals surface area (Å²) in [6.07, 6.45) is 2.46. The van der Waals surface area contributed by atoms with Crippen molar-refractivity contribution < 1.29 is 0 Å². The first-order valence-corrected chi connectivity index (χ1v) is 6.20. The number of thiophene rings is 1. The number of rotatable bonds is 1. The highest BCUT2D eigenvalue weighted by Gasteiger charge is 2.33. The van der Waals surface area contributed by atoms with Gasteiger partial charge in [-0.15, -0.1) is 22.9 Å². The SMILES string of the molecule is Cc1ccsc1C1CCC(Cl)C1C. The van der Waals surface area contributed by atoms with Crippen LogP contribution in [0.1, 0.15) is 36.1 Å². The van der Waals surface area contributed by atoms with Crippen molar-refractivity contribution in [2.75, 3.05) is 0 Å². The van der Waals surface area contributed by atoms with Crippen molar-refractivity contribution in [3.8, 4) is 0 Å². The minimum Gasteiger partial charge on any atom is -0.148 e. The number of aryl methyl sites for hydroxylation is 1. The Morgan fingerprint density at radius 1 is 1.46 bits per heavy atom. The van der Waals surface area contributed by atoms with Crippen molar-refractivity contribution in [3.05, 3.63) is 21.9 Å². The fourth-order valence-corrected chi connectivity index (χ4v) is 3.73. The van der Waals surface area contributed by atoms with Gasteiger partial charge in [-0.1, -0.05) is 6.92 Å². The van der Waals surface area contributed by atoms with Gasteiger partial charge in [0.05, 0.1) is 0 Å². The van der Waals surface area contributed by atoms with Gasteiger partial charge in [0.1, 0.15) is 0 Å². The molecule has 0 nitrogen and oxygen atoms in total. The molecule has 0 amide bonds. The van der Waals surface area contributed by atoms with Crippen molar-refractivity contribution in [2.24, 2.45) is 5.92 Å². The van der Waals surface area contributed by atoms with Crippen LogP contribution in [-0.4, -0.2) is 5.38 Å². The summed E-state index contributed by atoms with van der Waals surface area (Å²) in [7, 11) is 0. The third-order valence-corrected chi connectivity index (χ3v) is 4.96. The second-order valence-electron chi connectivity index (χ2n) is 4.03. The van der Waals surface area contributed by atoms with Crippen LogP contribution in [0.15, 0.2) is 11.4 Å². The summed E-state index contributed by atoms with van der Waals surface area (Å²) < 4.78 is 0. The van der Waals surface area contributed by atoms with Crippen LogP contribution >= 0.6 is 22.9 Å². The highest BCUT2D eigenvalue weighted by Crippen LogP contribution is 2.44. The zero-order valence-electron chi connectivity index (χ0n) is 8.09. The third kappa shape index (κ3) is 1.64. The van der Waals surface area contributed by atoms with Gasteiger partial charge in [-0.2, -0.15) is 0 Å². The molecular formula is C11H15ClS. The highest BCUT2D eigenvalue weighted by molar-refractivity contribution is 7.10. The molecule has 1 saturated carbocycles. The molecule has 0 N–H and O–H groups in total. The largest absolute Gasteiger partial charge is 0.148 e. The van der Waals surface area contributed by atoms with Crippen LogP contribution < -0.4 is 0 Å². The van der Waals surface area contributed by atoms with Gasteiger partial charge in [-0.25, -0.2) is 0 Å². The summed E-state index contributed by atoms with van der Waals surface area (Å²) in [5.74, 6) is 1.38. The van der Waals surface area contributed by atoms with E-state index in [0.717, 1.165) is 5.92 Å². The minimum atomic E-state index is 0.395. The molecule has 0 spiro atoms. The van der Waals surface area contributed by atoms with Crippen LogP contribution in [0.4, 0.5) is 0 Å². The second-order valence-corrected chi connectivity index (χ2v) is 5.54. The molecule has 2 heteroatoms. The van der Waals surface area contributed by atoms with Crippen LogP contribution in [0.5, 0.6) is 0 Å². The van der Waals surface area contributed by atoms with Gasteiger partial charge in [-0.05, 0) is 48.6 Å². The Bertz CT molecular complexity index is 292. The predicted octanol–water partition coefficient (Wildman–Crippen LogP) is 4.18. The van der Waals surface area contributed by atoms with Crippen LogP contribution in [0.2, 0.25) is 0 Å². The topological polar surface area (TPSA) is 0 Å². The van der Waals surface area contributed by atoms with Crippen LogP contribution in [0, 0.1) is 12.8 Å². The van der Waals surface area contributed by atoms with Crippen molar-refractivity contribution in [1.82, 2.24) is 0 Å². The predicted molar refractivity (Wildman–Crippen MR) is 59.8 cm³/mol. The Morgan fingerprint density at radius 2 is 2.23 bits per heavy atom. The van der Waals surface area contributed by atoms with E-state index in [-0.39, 0.29) is 0 Å². The monoisotopic (exact) mass is 214 g/mol. The second kappa shape index (κ2) is 3.62. The molecule has 1 aromatic rings. The quantitative estimate of drug-likeness (QED) is 0.616. The maximum atomic E-state index is 6.23. The summed E-state index contributed by atoms with van der Waals surface area (Å²) in [4.78, 5) is 1.57. The molecule has 72 valence electrons. The number of hydrogen-bond donors (Lipinski definition) is 0. The fourth-order valence-electron chi connectivity index (χ4n) is 2.25. The molecule has 2 rings (SSSR count). The molecule has 3 unspecified atom stereocenters. The molecule has 1 aromatic heterocycles. The van der Waals surface area contributed by atoms with Gasteiger partial charge >= 0.3 is 0 Å². The number of hydrogen-bond acceptors (Lipinski definition) is 1. The summed E-state index contributed by atoms with van der Waals surface area (Å²) in [5, 5.41) is 2.59. The van der Waals surface area contributed by atoms with Gasteiger partial charge in [0.2, 0.25) is 0 Å². The zero-order valence-corrected chi connectivity index (χ0v) is 9.66. The van der Waals surface area contributed by atoms with E-state index < -0.39 is 0 Å². The Balaban J connectivity index is 2.23. The highest BCUT2D eigenvalue weighted by atomic mass is 35.5. The normalized spacial score (nSPS) is 33.9. The Labute approximate surface area is 88.9 Å². The first kappa shape index (κ1) is 9.54. The van der Waals surface area contributed by atoms with E-state index in [0.29, 0.717) is 11.3 Å². The summed E-state index contributed by atoms with van der Waals surface area (Å²) in [6, 6.07) is 2.22. The van der Waals surface area contributed by atoms with Crippen molar-refractivity contribution in [3.63, 3.8) is 0 Å². The Kier molecular flexibility index (Phi) is 2.66. The number of alkyl halides is 1. The summed E-state index contributed by atoms with van der Waals surface area (Å²) >= 11 is 8.13. The Morgan fingerprint density at radius 3 is 2.69 bits per heavy atom. The molecule has 13 heavy (non-hydrogen) atoms. The summed E-state index contributed by atoms with van der Waals surface area (Å²) in [5.41, 5.74) is 1.45. The van der Waals surface area contributed by atoms with Crippen LogP contribution in [0.25, 0.3) is 0 Å². The lowest BCUT2D eigenvalue weighted by Gasteiger charge is -2.16. The van der Waals surface area contributed by atoms with Gasteiger partial charge < -0.3 is 0 Å². The molecule has 1 heterocycles. The van der Waals surface area contributed by atoms with E-state index in [1.165, 1.54) is 18.4 Å². The fraction of sp³-hybridized carbons (Fsp3) is 0.636. The average Bonchev–Trinajstić information content (AvgIpc) is 2.62. The molecule has 1 aliphatic carbocycles. The summed E-state index contributed by atoms with van der Waals surface area (Å²) in [6.45, 7) is 4.49. The van der Waals surface area contributed by atoms with E-state index >= 15 is 0 Å². The molecule has 0 aliphatic heterocycles. The van der Waals surface area contributed by atoms with E-state index in [4.69, 9.17) is 11.6 Å². The van der Waals surface area contributed by atoms with E-state index in [1.54, 1.807) is 4.88 Å². The third-order valence-electron chi connectivity index (χ3n) is 3.20. The molecule has 0 aromatic carbocycles. The van der Waals surface area contributed by atoms with E-state index in [9.17, 15) is 0 Å². The standard InChI is InChI=1S/C11H15ClS/c1-7-5-6-13-11(7)9-3-4-10(12)8(9)2/h5-6,8-10H,3-4H2,1-2H3. The lowest BCUT2D eigenvalue weighted by Crippen LogP contribution is -2.08. The average molecular weight is 215 g/mol. The first-order chi connectivity index (χ1) is 6.20. The molecular weight excluding hydrogens is 200 g/mol. The van der Waals surface area contributed by atoms with Gasteiger partial charge in [0, 0.05) is 10.3 Å². The molecule has 0 radical (unpaired) electrons. The molecule has 1 aliphatic rings. The Hall–Kier alpha value is -0.0100. The first-order valence-electron chi connectivity index (χ1n) is 4.88. The molecule has 3 atom stereocenters. The smallest absolute Gasteiger partial charge is 0.0368 e. The zero-order chi connectivity index (χ0) is 9.42. The molecule has 1 fully saturated rings. The van der Waals surface area contributed by atoms with Crippen molar-refractivity contribution in [1.29, 1.82) is 0 Å². The maximum absolute atomic E-state index is 6.23. The van der Waals surface area contributed by atoms with Gasteiger partial charge in [0.25, 0.3) is 0 Å². The van der Waals surface area contributed by atoms with E-state index in [2.05, 4.69) is 25.3 Å².